The summed E-state index contributed by atoms with van der Waals surface area (Å²) in [6, 6.07) is 9.60. The van der Waals surface area contributed by atoms with Gasteiger partial charge in [0.25, 0.3) is 0 Å². The molecule has 1 aliphatic carbocycles. The van der Waals surface area contributed by atoms with Crippen LogP contribution in [0.2, 0.25) is 0 Å². The lowest BCUT2D eigenvalue weighted by molar-refractivity contribution is 0.233. The Morgan fingerprint density at radius 2 is 2.12 bits per heavy atom. The summed E-state index contributed by atoms with van der Waals surface area (Å²) >= 11 is 0. The van der Waals surface area contributed by atoms with Crippen molar-refractivity contribution in [1.29, 1.82) is 0 Å². The van der Waals surface area contributed by atoms with Gasteiger partial charge in [0.2, 0.25) is 0 Å². The van der Waals surface area contributed by atoms with Gasteiger partial charge in [-0.2, -0.15) is 0 Å². The van der Waals surface area contributed by atoms with Crippen molar-refractivity contribution in [2.45, 2.75) is 31.8 Å². The molecule has 0 aliphatic heterocycles. The Labute approximate surface area is 104 Å². The lowest BCUT2D eigenvalue weighted by Crippen LogP contribution is -2.34. The zero-order valence-electron chi connectivity index (χ0n) is 10.0. The first-order valence-corrected chi connectivity index (χ1v) is 5.72. The third-order valence-corrected chi connectivity index (χ3v) is 3.21. The molecule has 0 fully saturated rings. The van der Waals surface area contributed by atoms with Crippen molar-refractivity contribution in [2.24, 2.45) is 5.73 Å². The molecular weight excluding hydrogens is 220 g/mol. The fraction of sp³-hybridized carbons (Fsp3) is 0.538. The van der Waals surface area contributed by atoms with Crippen LogP contribution in [0.25, 0.3) is 0 Å². The molecular formula is C13H21ClN2. The second-order valence-electron chi connectivity index (χ2n) is 4.67. The predicted molar refractivity (Wildman–Crippen MR) is 71.0 cm³/mol. The highest BCUT2D eigenvalue weighted by atomic mass is 35.5. The minimum absolute atomic E-state index is 0. The lowest BCUT2D eigenvalue weighted by Gasteiger charge is -2.26. The monoisotopic (exact) mass is 240 g/mol. The van der Waals surface area contributed by atoms with Crippen molar-refractivity contribution in [3.63, 3.8) is 0 Å². The van der Waals surface area contributed by atoms with Crippen molar-refractivity contribution < 1.29 is 0 Å². The first-order chi connectivity index (χ1) is 7.18. The third kappa shape index (κ3) is 2.76. The number of nitrogens with two attached hydrogens (primary N) is 1. The van der Waals surface area contributed by atoms with Crippen LogP contribution >= 0.6 is 12.4 Å². The van der Waals surface area contributed by atoms with Gasteiger partial charge in [0, 0.05) is 18.6 Å². The zero-order chi connectivity index (χ0) is 10.8. The molecule has 90 valence electrons. The molecule has 2 unspecified atom stereocenters. The number of rotatable bonds is 3. The van der Waals surface area contributed by atoms with Crippen molar-refractivity contribution in [3.8, 4) is 0 Å². The van der Waals surface area contributed by atoms with E-state index >= 15 is 0 Å². The smallest absolute Gasteiger partial charge is 0.0351 e. The van der Waals surface area contributed by atoms with Crippen LogP contribution in [-0.4, -0.2) is 24.5 Å². The van der Waals surface area contributed by atoms with E-state index in [1.807, 2.05) is 0 Å². The Bertz CT molecular complexity index is 338. The fourth-order valence-electron chi connectivity index (χ4n) is 2.57. The summed E-state index contributed by atoms with van der Waals surface area (Å²) in [6.45, 7) is 3.04. The molecule has 0 amide bonds. The summed E-state index contributed by atoms with van der Waals surface area (Å²) in [5.74, 6) is 0. The van der Waals surface area contributed by atoms with Crippen molar-refractivity contribution in [2.75, 3.05) is 13.6 Å². The summed E-state index contributed by atoms with van der Waals surface area (Å²) in [5.41, 5.74) is 8.85. The molecule has 2 rings (SSSR count). The average molecular weight is 241 g/mol. The van der Waals surface area contributed by atoms with Crippen LogP contribution in [0.3, 0.4) is 0 Å². The minimum atomic E-state index is 0. The second kappa shape index (κ2) is 5.67. The summed E-state index contributed by atoms with van der Waals surface area (Å²) in [4.78, 5) is 2.39. The second-order valence-corrected chi connectivity index (χ2v) is 4.67. The molecule has 3 heteroatoms. The molecule has 0 radical (unpaired) electrons. The number of hydrogen-bond acceptors (Lipinski definition) is 2. The average Bonchev–Trinajstić information content (AvgIpc) is 2.59. The maximum atomic E-state index is 5.84. The van der Waals surface area contributed by atoms with Gasteiger partial charge in [0.15, 0.2) is 0 Å². The van der Waals surface area contributed by atoms with E-state index in [0.717, 1.165) is 6.54 Å². The molecule has 0 saturated heterocycles. The fourth-order valence-corrected chi connectivity index (χ4v) is 2.57. The largest absolute Gasteiger partial charge is 0.327 e. The van der Waals surface area contributed by atoms with E-state index in [4.69, 9.17) is 5.73 Å². The van der Waals surface area contributed by atoms with Gasteiger partial charge in [-0.3, -0.25) is 4.90 Å². The third-order valence-electron chi connectivity index (χ3n) is 3.21. The van der Waals surface area contributed by atoms with Crippen molar-refractivity contribution in [3.05, 3.63) is 35.4 Å². The van der Waals surface area contributed by atoms with Gasteiger partial charge in [-0.1, -0.05) is 24.3 Å². The molecule has 2 N–H and O–H groups in total. The highest BCUT2D eigenvalue weighted by molar-refractivity contribution is 5.85. The van der Waals surface area contributed by atoms with Gasteiger partial charge >= 0.3 is 0 Å². The molecule has 1 aromatic rings. The number of benzene rings is 1. The van der Waals surface area contributed by atoms with Crippen LogP contribution in [0.15, 0.2) is 24.3 Å². The maximum absolute atomic E-state index is 5.84. The number of aryl methyl sites for hydroxylation is 1. The molecule has 1 aliphatic rings. The predicted octanol–water partition coefficient (Wildman–Crippen LogP) is 2.37. The normalized spacial score (nSPS) is 20.4. The number of halogens is 1. The molecule has 0 spiro atoms. The van der Waals surface area contributed by atoms with Crippen molar-refractivity contribution in [1.82, 2.24) is 4.90 Å². The van der Waals surface area contributed by atoms with E-state index in [1.165, 1.54) is 24.0 Å². The van der Waals surface area contributed by atoms with Gasteiger partial charge in [0.05, 0.1) is 0 Å². The summed E-state index contributed by atoms with van der Waals surface area (Å²) in [5, 5.41) is 0. The van der Waals surface area contributed by atoms with E-state index in [1.54, 1.807) is 0 Å². The molecule has 2 atom stereocenters. The highest BCUT2D eigenvalue weighted by Gasteiger charge is 2.25. The van der Waals surface area contributed by atoms with Gasteiger partial charge in [0.1, 0.15) is 0 Å². The molecule has 0 aromatic heterocycles. The number of nitrogens with zero attached hydrogens (tertiary/aromatic N) is 1. The molecule has 16 heavy (non-hydrogen) atoms. The van der Waals surface area contributed by atoms with Crippen LogP contribution in [0.5, 0.6) is 0 Å². The standard InChI is InChI=1S/C13H20N2.ClH/c1-10(14)9-15(2)13-8-7-11-5-3-4-6-12(11)13;/h3-6,10,13H,7-9,14H2,1-2H3;1H. The summed E-state index contributed by atoms with van der Waals surface area (Å²) in [6.07, 6.45) is 2.45. The molecule has 0 bridgehead atoms. The van der Waals surface area contributed by atoms with Crippen LogP contribution in [0, 0.1) is 0 Å². The summed E-state index contributed by atoms with van der Waals surface area (Å²) < 4.78 is 0. The molecule has 2 nitrogen and oxygen atoms in total. The van der Waals surface area contributed by atoms with E-state index in [0.29, 0.717) is 6.04 Å². The topological polar surface area (TPSA) is 29.3 Å². The van der Waals surface area contributed by atoms with Gasteiger partial charge < -0.3 is 5.73 Å². The first kappa shape index (κ1) is 13.5. The highest BCUT2D eigenvalue weighted by Crippen LogP contribution is 2.34. The van der Waals surface area contributed by atoms with Crippen molar-refractivity contribution >= 4 is 12.4 Å². The van der Waals surface area contributed by atoms with Gasteiger partial charge in [-0.15, -0.1) is 12.4 Å². The first-order valence-electron chi connectivity index (χ1n) is 5.72. The van der Waals surface area contributed by atoms with E-state index < -0.39 is 0 Å². The van der Waals surface area contributed by atoms with Crippen LogP contribution in [0.1, 0.15) is 30.5 Å². The maximum Gasteiger partial charge on any atom is 0.0351 e. The van der Waals surface area contributed by atoms with E-state index in [9.17, 15) is 0 Å². The zero-order valence-corrected chi connectivity index (χ0v) is 10.8. The Morgan fingerprint density at radius 3 is 2.81 bits per heavy atom. The van der Waals surface area contributed by atoms with Crippen LogP contribution in [0.4, 0.5) is 0 Å². The summed E-state index contributed by atoms with van der Waals surface area (Å²) in [7, 11) is 2.18. The Kier molecular flexibility index (Phi) is 4.78. The number of likely N-dealkylation sites (N-methyl/N-ethyl adjacent to an activating group) is 1. The lowest BCUT2D eigenvalue weighted by atomic mass is 10.1. The Balaban J connectivity index is 0.00000128. The minimum Gasteiger partial charge on any atom is -0.327 e. The Hall–Kier alpha value is -0.570. The van der Waals surface area contributed by atoms with Crippen LogP contribution in [-0.2, 0) is 6.42 Å². The van der Waals surface area contributed by atoms with Crippen LogP contribution < -0.4 is 5.73 Å². The Morgan fingerprint density at radius 1 is 1.44 bits per heavy atom. The molecule has 0 heterocycles. The number of hydrogen-bond donors (Lipinski definition) is 1. The SMILES string of the molecule is CC(N)CN(C)C1CCc2ccccc21.Cl. The van der Waals surface area contributed by atoms with Gasteiger partial charge in [-0.05, 0) is 37.9 Å². The quantitative estimate of drug-likeness (QED) is 0.879. The van der Waals surface area contributed by atoms with E-state index in [-0.39, 0.29) is 18.4 Å². The molecule has 0 saturated carbocycles. The molecule has 1 aromatic carbocycles. The number of fused-ring (bicyclic) bond motifs is 1. The van der Waals surface area contributed by atoms with E-state index in [2.05, 4.69) is 43.1 Å². The van der Waals surface area contributed by atoms with Gasteiger partial charge in [-0.25, -0.2) is 0 Å².